The van der Waals surface area contributed by atoms with Gasteiger partial charge >= 0.3 is 0 Å². The normalized spacial score (nSPS) is 12.9. The molecular weight excluding hydrogens is 713 g/mol. The Hall–Kier alpha value is -7.68. The molecule has 0 atom stereocenters. The fourth-order valence-corrected chi connectivity index (χ4v) is 10.3. The van der Waals surface area contributed by atoms with E-state index in [1.807, 2.05) is 0 Å². The third-order valence-corrected chi connectivity index (χ3v) is 12.6. The Morgan fingerprint density at radius 3 is 1.54 bits per heavy atom. The van der Waals surface area contributed by atoms with Crippen LogP contribution in [0.5, 0.6) is 0 Å². The van der Waals surface area contributed by atoms with Crippen LogP contribution >= 0.6 is 0 Å². The number of fused-ring (bicyclic) bond motifs is 8. The zero-order valence-electron chi connectivity index (χ0n) is 32.3. The van der Waals surface area contributed by atoms with Crippen LogP contribution in [0.4, 0.5) is 0 Å². The first-order valence-electron chi connectivity index (χ1n) is 20.4. The standard InChI is InChI=1S/C57H38N2/c1-6-20-39(21-7-1)53-49-37-36-48-47-31-17-19-33-52(47)58(55(48)56(49)59(43-28-14-5-15-29-43)54(53)40-22-8-2-9-23-40)44-34-35-46-45-30-16-18-32-50(45)57(51(46)38-44,41-24-10-3-11-25-41)42-26-12-4-13-27-42/h1-38H. The molecular formula is C57H38N2. The molecule has 0 saturated carbocycles. The van der Waals surface area contributed by atoms with E-state index in [2.05, 4.69) is 240 Å². The van der Waals surface area contributed by atoms with E-state index in [1.165, 1.54) is 88.5 Å². The van der Waals surface area contributed by atoms with Gasteiger partial charge in [-0.25, -0.2) is 0 Å². The highest BCUT2D eigenvalue weighted by Gasteiger charge is 2.46. The number of rotatable bonds is 6. The first-order valence-corrected chi connectivity index (χ1v) is 20.4. The van der Waals surface area contributed by atoms with Gasteiger partial charge in [-0.15, -0.1) is 0 Å². The van der Waals surface area contributed by atoms with E-state index in [9.17, 15) is 0 Å². The van der Waals surface area contributed by atoms with Crippen molar-refractivity contribution in [3.05, 3.63) is 253 Å². The summed E-state index contributed by atoms with van der Waals surface area (Å²) in [6.07, 6.45) is 0. The molecule has 0 radical (unpaired) electrons. The van der Waals surface area contributed by atoms with E-state index >= 15 is 0 Å². The van der Waals surface area contributed by atoms with Gasteiger partial charge in [0, 0.05) is 33.1 Å². The highest BCUT2D eigenvalue weighted by molar-refractivity contribution is 6.22. The van der Waals surface area contributed by atoms with E-state index in [0.29, 0.717) is 0 Å². The average Bonchev–Trinajstić information content (AvgIpc) is 3.95. The summed E-state index contributed by atoms with van der Waals surface area (Å²) in [6, 6.07) is 84.8. The molecule has 59 heavy (non-hydrogen) atoms. The summed E-state index contributed by atoms with van der Waals surface area (Å²) in [6.45, 7) is 0. The third kappa shape index (κ3) is 4.81. The van der Waals surface area contributed by atoms with Crippen LogP contribution in [-0.2, 0) is 5.41 Å². The van der Waals surface area contributed by atoms with Gasteiger partial charge in [-0.2, -0.15) is 0 Å². The van der Waals surface area contributed by atoms with Crippen LogP contribution in [0.15, 0.2) is 231 Å². The van der Waals surface area contributed by atoms with Gasteiger partial charge in [0.05, 0.1) is 27.7 Å². The van der Waals surface area contributed by atoms with Crippen LogP contribution < -0.4 is 0 Å². The predicted octanol–water partition coefficient (Wildman–Crippen LogP) is 14.4. The Morgan fingerprint density at radius 2 is 0.847 bits per heavy atom. The van der Waals surface area contributed by atoms with Crippen LogP contribution in [0, 0.1) is 0 Å². The van der Waals surface area contributed by atoms with Crippen LogP contribution in [0.2, 0.25) is 0 Å². The second kappa shape index (κ2) is 13.2. The molecule has 11 aromatic rings. The Balaban J connectivity index is 1.26. The Morgan fingerprint density at radius 1 is 0.322 bits per heavy atom. The zero-order chi connectivity index (χ0) is 38.9. The molecule has 2 heterocycles. The van der Waals surface area contributed by atoms with E-state index in [4.69, 9.17) is 0 Å². The smallest absolute Gasteiger partial charge is 0.0789 e. The number of hydrogen-bond donors (Lipinski definition) is 0. The molecule has 0 saturated heterocycles. The average molecular weight is 751 g/mol. The summed E-state index contributed by atoms with van der Waals surface area (Å²) in [5.74, 6) is 0. The zero-order valence-corrected chi connectivity index (χ0v) is 32.3. The second-order valence-electron chi connectivity index (χ2n) is 15.6. The SMILES string of the molecule is c1ccc(-c2c(-c3ccccc3)n(-c3ccccc3)c3c2ccc2c4ccccc4n(-c4ccc5c(c4)C(c4ccccc4)(c4ccccc4)c4ccccc4-5)c23)cc1. The first kappa shape index (κ1) is 33.5. The van der Waals surface area contributed by atoms with Crippen LogP contribution in [0.3, 0.4) is 0 Å². The molecule has 1 aliphatic rings. The predicted molar refractivity (Wildman–Crippen MR) is 246 cm³/mol. The third-order valence-electron chi connectivity index (χ3n) is 12.6. The molecule has 0 amide bonds. The van der Waals surface area contributed by atoms with Gasteiger partial charge in [0.2, 0.25) is 0 Å². The summed E-state index contributed by atoms with van der Waals surface area (Å²) in [5, 5.41) is 3.67. The van der Waals surface area contributed by atoms with Crippen molar-refractivity contribution in [2.75, 3.05) is 0 Å². The molecule has 2 aromatic heterocycles. The van der Waals surface area contributed by atoms with Gasteiger partial charge in [-0.05, 0) is 74.8 Å². The maximum absolute atomic E-state index is 2.54. The minimum absolute atomic E-state index is 0.510. The molecule has 1 aliphatic carbocycles. The van der Waals surface area contributed by atoms with Crippen LogP contribution in [-0.4, -0.2) is 9.13 Å². The van der Waals surface area contributed by atoms with Crippen LogP contribution in [0.25, 0.3) is 77.6 Å². The van der Waals surface area contributed by atoms with E-state index in [1.54, 1.807) is 0 Å². The maximum Gasteiger partial charge on any atom is 0.0789 e. The number of aromatic nitrogens is 2. The van der Waals surface area contributed by atoms with E-state index < -0.39 is 5.41 Å². The van der Waals surface area contributed by atoms with Gasteiger partial charge in [-0.1, -0.05) is 200 Å². The highest BCUT2D eigenvalue weighted by Crippen LogP contribution is 2.57. The number of para-hydroxylation sites is 2. The molecule has 0 fully saturated rings. The minimum atomic E-state index is -0.510. The molecule has 0 bridgehead atoms. The minimum Gasteiger partial charge on any atom is -0.307 e. The molecule has 2 heteroatoms. The lowest BCUT2D eigenvalue weighted by molar-refractivity contribution is 0.767. The monoisotopic (exact) mass is 750 g/mol. The highest BCUT2D eigenvalue weighted by atomic mass is 15.1. The molecule has 276 valence electrons. The van der Waals surface area contributed by atoms with Crippen molar-refractivity contribution in [2.45, 2.75) is 5.41 Å². The first-order chi connectivity index (χ1) is 29.3. The lowest BCUT2D eigenvalue weighted by Crippen LogP contribution is -2.28. The molecule has 0 N–H and O–H groups in total. The quantitative estimate of drug-likeness (QED) is 0.160. The molecule has 0 unspecified atom stereocenters. The van der Waals surface area contributed by atoms with Crippen molar-refractivity contribution in [1.29, 1.82) is 0 Å². The number of nitrogens with zero attached hydrogens (tertiary/aromatic N) is 2. The largest absolute Gasteiger partial charge is 0.307 e. The van der Waals surface area contributed by atoms with E-state index in [0.717, 1.165) is 11.4 Å². The topological polar surface area (TPSA) is 9.86 Å². The van der Waals surface area contributed by atoms with Gasteiger partial charge in [0.1, 0.15) is 0 Å². The van der Waals surface area contributed by atoms with Gasteiger partial charge in [0.15, 0.2) is 0 Å². The van der Waals surface area contributed by atoms with Gasteiger partial charge < -0.3 is 9.13 Å². The summed E-state index contributed by atoms with van der Waals surface area (Å²) < 4.78 is 5.06. The number of hydrogen-bond acceptors (Lipinski definition) is 0. The molecule has 0 spiro atoms. The summed E-state index contributed by atoms with van der Waals surface area (Å²) in [5.41, 5.74) is 17.8. The maximum atomic E-state index is 2.54. The molecule has 9 aromatic carbocycles. The molecule has 2 nitrogen and oxygen atoms in total. The van der Waals surface area contributed by atoms with Crippen molar-refractivity contribution in [3.8, 4) is 44.9 Å². The Kier molecular flexibility index (Phi) is 7.48. The van der Waals surface area contributed by atoms with Crippen molar-refractivity contribution >= 4 is 32.7 Å². The van der Waals surface area contributed by atoms with Gasteiger partial charge in [-0.3, -0.25) is 0 Å². The Bertz CT molecular complexity index is 3300. The fraction of sp³-hybridized carbons (Fsp3) is 0.0175. The lowest BCUT2D eigenvalue weighted by atomic mass is 9.67. The summed E-state index contributed by atoms with van der Waals surface area (Å²) in [4.78, 5) is 0. The summed E-state index contributed by atoms with van der Waals surface area (Å²) in [7, 11) is 0. The molecule has 0 aliphatic heterocycles. The van der Waals surface area contributed by atoms with E-state index in [-0.39, 0.29) is 0 Å². The van der Waals surface area contributed by atoms with Crippen molar-refractivity contribution in [2.24, 2.45) is 0 Å². The fourth-order valence-electron chi connectivity index (χ4n) is 10.3. The summed E-state index contributed by atoms with van der Waals surface area (Å²) >= 11 is 0. The van der Waals surface area contributed by atoms with Crippen molar-refractivity contribution < 1.29 is 0 Å². The second-order valence-corrected chi connectivity index (χ2v) is 15.6. The van der Waals surface area contributed by atoms with Crippen LogP contribution in [0.1, 0.15) is 22.3 Å². The van der Waals surface area contributed by atoms with Crippen molar-refractivity contribution in [3.63, 3.8) is 0 Å². The molecule has 12 rings (SSSR count). The lowest BCUT2D eigenvalue weighted by Gasteiger charge is -2.34. The number of benzene rings is 9. The van der Waals surface area contributed by atoms with Gasteiger partial charge in [0.25, 0.3) is 0 Å². The Labute approximate surface area is 343 Å². The van der Waals surface area contributed by atoms with Crippen molar-refractivity contribution in [1.82, 2.24) is 9.13 Å².